The zero-order valence-electron chi connectivity index (χ0n) is 89.7. The van der Waals surface area contributed by atoms with Crippen LogP contribution in [-0.4, -0.2) is 79.3 Å². The molecule has 0 atom stereocenters. The van der Waals surface area contributed by atoms with E-state index in [4.69, 9.17) is 108 Å². The van der Waals surface area contributed by atoms with E-state index in [1.807, 2.05) is 48.5 Å². The number of unbranched alkanes of at least 4 members (excludes halogenated alkanes) is 36. The maximum absolute atomic E-state index is 7.56. The molecule has 0 bridgehead atoms. The third-order valence-corrected chi connectivity index (χ3v) is 22.6. The fourth-order valence-electron chi connectivity index (χ4n) is 14.4. The predicted octanol–water partition coefficient (Wildman–Crippen LogP) is 32.8. The fourth-order valence-corrected chi connectivity index (χ4v) is 14.4. The maximum atomic E-state index is 7.56. The Bertz CT molecular complexity index is 4060. The number of ether oxygens (including phenoxy) is 12. The molecule has 0 amide bonds. The first-order valence-electron chi connectivity index (χ1n) is 53.7. The monoisotopic (exact) mass is 2680 g/mol. The summed E-state index contributed by atoms with van der Waals surface area (Å²) in [4.78, 5) is 0. The summed E-state index contributed by atoms with van der Waals surface area (Å²) in [6.07, 6.45) is 114. The van der Waals surface area contributed by atoms with E-state index in [-0.39, 0.29) is 84.3 Å². The first kappa shape index (κ1) is 139. The summed E-state index contributed by atoms with van der Waals surface area (Å²) in [6, 6.07) is 24.7. The third-order valence-electron chi connectivity index (χ3n) is 22.6. The largest absolute Gasteiger partial charge is 2.00 e. The predicted molar refractivity (Wildman–Crippen MR) is 578 cm³/mol. The van der Waals surface area contributed by atoms with Gasteiger partial charge >= 0.3 is 84.3 Å². The normalized spacial score (nSPS) is 9.83. The molecule has 0 N–H and O–H groups in total. The van der Waals surface area contributed by atoms with Crippen molar-refractivity contribution < 1.29 is 141 Å². The SMILES string of the molecule is [C-]#Cc1cc(C#[C-])cc(C#CC#Cc2cc(C#[C-])cc(C#[C-])c2)c1.[C-]#Cc1cc(OCCCCCC)c(OCCCCCC)c(OCCCCCC)c1.[C-]#Cc1cc(OCCCCCC)c(OCCCCCC)c(OCCCCCC)c1.[C-]#Cc1cc(OCCCCCC)c(OCCCCCC)c(OCCCCCC)c1.[C-]#Cc1cc(OCCCCCC)c(OCCCCCC)c(OCCCCCC)c1.[Pt+2].[Pt+2].[Pt+2].[Pt+2]. The molecule has 6 rings (SSSR count). The molecule has 0 aliphatic carbocycles. The van der Waals surface area contributed by atoms with Gasteiger partial charge in [0.15, 0.2) is 23.0 Å². The zero-order chi connectivity index (χ0) is 102. The van der Waals surface area contributed by atoms with Crippen molar-refractivity contribution in [3.63, 3.8) is 0 Å². The summed E-state index contributed by atoms with van der Waals surface area (Å²) >= 11 is 0. The summed E-state index contributed by atoms with van der Waals surface area (Å²) in [7, 11) is 0. The third kappa shape index (κ3) is 67.2. The molecule has 6 aromatic rings. The standard InChI is InChI=1S/4C26H41O3.C24H6.4Pt/c4*1-5-9-12-15-18-27-24-21-23(8-4)22-25(28-19-16-13-10-6-2)26(24)29-20-17-14-11-7-3;1-5-19-13-20(6-2)16-23(15-19)11-9-10-12-24-17-21(7-3)14-22(8-4)18-24;;;;/h4*21-22H,5-7,9-20H2,1-3H3;13-18H;;;;/q4*-1;-4;4*+2. The van der Waals surface area contributed by atoms with Crippen molar-refractivity contribution in [3.05, 3.63) is 192 Å². The van der Waals surface area contributed by atoms with Crippen molar-refractivity contribution in [1.29, 1.82) is 0 Å². The van der Waals surface area contributed by atoms with Crippen LogP contribution in [0.4, 0.5) is 0 Å². The van der Waals surface area contributed by atoms with E-state index >= 15 is 0 Å². The molecule has 0 aromatic heterocycles. The van der Waals surface area contributed by atoms with E-state index in [0.717, 1.165) is 77.0 Å². The molecule has 0 aliphatic rings. The van der Waals surface area contributed by atoms with E-state index in [1.165, 1.54) is 231 Å². The van der Waals surface area contributed by atoms with Crippen LogP contribution in [0.5, 0.6) is 69.0 Å². The Morgan fingerprint density at radius 3 is 0.375 bits per heavy atom. The van der Waals surface area contributed by atoms with Gasteiger partial charge in [-0.1, -0.05) is 375 Å². The molecule has 0 heterocycles. The van der Waals surface area contributed by atoms with E-state index in [9.17, 15) is 0 Å². The first-order valence-corrected chi connectivity index (χ1v) is 53.7. The van der Waals surface area contributed by atoms with Gasteiger partial charge in [0.2, 0.25) is 0 Å². The Morgan fingerprint density at radius 1 is 0.146 bits per heavy atom. The molecule has 0 unspecified atom stereocenters. The van der Waals surface area contributed by atoms with Gasteiger partial charge in [0.05, 0.1) is 79.3 Å². The van der Waals surface area contributed by atoms with Crippen LogP contribution in [0.2, 0.25) is 0 Å². The van der Waals surface area contributed by atoms with Crippen molar-refractivity contribution in [2.24, 2.45) is 0 Å². The number of hydrogen-bond donors (Lipinski definition) is 0. The number of benzene rings is 6. The molecular weight excluding hydrogens is 2510 g/mol. The van der Waals surface area contributed by atoms with Gasteiger partial charge in [0.1, 0.15) is 46.0 Å². The Morgan fingerprint density at radius 2 is 0.257 bits per heavy atom. The van der Waals surface area contributed by atoms with Gasteiger partial charge in [-0.05, 0) is 100 Å². The quantitative estimate of drug-likeness (QED) is 0.0206. The minimum atomic E-state index is 0. The molecule has 0 saturated heterocycles. The molecule has 6 aromatic carbocycles. The molecule has 16 heteroatoms. The molecule has 0 fully saturated rings. The van der Waals surface area contributed by atoms with Crippen molar-refractivity contribution in [2.45, 2.75) is 391 Å². The van der Waals surface area contributed by atoms with E-state index in [1.54, 1.807) is 36.4 Å². The summed E-state index contributed by atoms with van der Waals surface area (Å²) in [5, 5.41) is 0. The van der Waals surface area contributed by atoms with Gasteiger partial charge in [0, 0.05) is 0 Å². The Hall–Kier alpha value is -8.73. The van der Waals surface area contributed by atoms with Crippen LogP contribution >= 0.6 is 0 Å². The van der Waals surface area contributed by atoms with Crippen molar-refractivity contribution >= 4 is 0 Å². The van der Waals surface area contributed by atoms with E-state index < -0.39 is 0 Å². The second kappa shape index (κ2) is 98.9. The average Bonchev–Trinajstić information content (AvgIpc) is 0.835. The maximum Gasteiger partial charge on any atom is 2.00 e. The smallest absolute Gasteiger partial charge is 0.491 e. The zero-order valence-corrected chi connectivity index (χ0v) is 98.8. The number of hydrogen-bond acceptors (Lipinski definition) is 12. The van der Waals surface area contributed by atoms with E-state index in [2.05, 4.69) is 154 Å². The second-order valence-corrected chi connectivity index (χ2v) is 35.2. The van der Waals surface area contributed by atoms with Gasteiger partial charge in [-0.15, -0.1) is 68.8 Å². The molecule has 12 nitrogen and oxygen atoms in total. The Labute approximate surface area is 935 Å². The van der Waals surface area contributed by atoms with Crippen LogP contribution in [0.25, 0.3) is 0 Å². The van der Waals surface area contributed by atoms with Crippen LogP contribution in [-0.2, 0) is 84.3 Å². The van der Waals surface area contributed by atoms with Crippen LogP contribution in [0.15, 0.2) is 84.9 Å². The molecule has 794 valence electrons. The van der Waals surface area contributed by atoms with Crippen LogP contribution in [0, 0.1) is 122 Å². The first-order chi connectivity index (χ1) is 68.7. The van der Waals surface area contributed by atoms with Gasteiger partial charge in [-0.2, -0.15) is 12.1 Å². The number of rotatable bonds is 72. The van der Waals surface area contributed by atoms with E-state index in [0.29, 0.717) is 204 Å². The molecule has 0 aliphatic heterocycles. The molecular formula is C128H170O12Pt4. The minimum Gasteiger partial charge on any atom is -0.491 e. The van der Waals surface area contributed by atoms with Crippen molar-refractivity contribution in [2.75, 3.05) is 79.3 Å². The summed E-state index contributed by atoms with van der Waals surface area (Å²) < 4.78 is 73.0. The minimum absolute atomic E-state index is 0. The summed E-state index contributed by atoms with van der Waals surface area (Å²) in [6.45, 7) is 34.4. The topological polar surface area (TPSA) is 111 Å². The molecule has 144 heavy (non-hydrogen) atoms. The Kier molecular flexibility index (Phi) is 95.8. The van der Waals surface area contributed by atoms with Gasteiger partial charge < -0.3 is 108 Å². The molecule has 0 saturated carbocycles. The van der Waals surface area contributed by atoms with Crippen LogP contribution in [0.3, 0.4) is 0 Å². The van der Waals surface area contributed by atoms with Gasteiger partial charge in [0.25, 0.3) is 0 Å². The molecule has 0 spiro atoms. The second-order valence-electron chi connectivity index (χ2n) is 35.2. The summed E-state index contributed by atoms with van der Waals surface area (Å²) in [5.41, 5.74) is 5.96. The average molecular weight is 2680 g/mol. The van der Waals surface area contributed by atoms with Crippen LogP contribution in [0.1, 0.15) is 447 Å². The van der Waals surface area contributed by atoms with Crippen molar-refractivity contribution in [1.82, 2.24) is 0 Å². The fraction of sp³-hybridized carbons (Fsp3) is 0.562. The molecule has 0 radical (unpaired) electrons. The van der Waals surface area contributed by atoms with Gasteiger partial charge in [-0.3, -0.25) is 47.4 Å². The van der Waals surface area contributed by atoms with Gasteiger partial charge in [-0.25, -0.2) is 0 Å². The summed E-state index contributed by atoms with van der Waals surface area (Å²) in [5.74, 6) is 38.2. The Balaban J connectivity index is -0.00000172. The van der Waals surface area contributed by atoms with Crippen molar-refractivity contribution in [3.8, 4) is 140 Å². The van der Waals surface area contributed by atoms with Crippen LogP contribution < -0.4 is 56.8 Å².